The van der Waals surface area contributed by atoms with Crippen molar-refractivity contribution in [3.63, 3.8) is 0 Å². The number of aliphatic hydroxyl groups is 1. The summed E-state index contributed by atoms with van der Waals surface area (Å²) in [5.74, 6) is 0.525. The lowest BCUT2D eigenvalue weighted by Crippen LogP contribution is -2.23. The Bertz CT molecular complexity index is 260. The molecule has 0 amide bonds. The van der Waals surface area contributed by atoms with Gasteiger partial charge in [0.2, 0.25) is 0 Å². The molecule has 1 atom stereocenters. The number of hydrogen-bond donors (Lipinski definition) is 1. The van der Waals surface area contributed by atoms with Crippen molar-refractivity contribution < 1.29 is 5.11 Å². The van der Waals surface area contributed by atoms with E-state index in [9.17, 15) is 0 Å². The molecule has 1 aliphatic heterocycles. The van der Waals surface area contributed by atoms with Gasteiger partial charge >= 0.3 is 0 Å². The van der Waals surface area contributed by atoms with Crippen molar-refractivity contribution in [2.45, 2.75) is 12.8 Å². The molecule has 1 aromatic rings. The standard InChI is InChI=1S/C11H17NOS/c13-8-11-2-5-12(7-11)4-1-10-3-6-14-9-10/h3,6,9,11,13H,1-2,4-5,7-8H2. The fraction of sp³-hybridized carbons (Fsp3) is 0.636. The highest BCUT2D eigenvalue weighted by atomic mass is 32.1. The molecule has 1 unspecified atom stereocenters. The van der Waals surface area contributed by atoms with Gasteiger partial charge in [0.25, 0.3) is 0 Å². The first-order valence-electron chi connectivity index (χ1n) is 5.23. The summed E-state index contributed by atoms with van der Waals surface area (Å²) < 4.78 is 0. The average molecular weight is 211 g/mol. The summed E-state index contributed by atoms with van der Waals surface area (Å²) in [6.45, 7) is 3.75. The van der Waals surface area contributed by atoms with E-state index in [0.29, 0.717) is 12.5 Å². The Hall–Kier alpha value is -0.380. The van der Waals surface area contributed by atoms with Crippen LogP contribution in [0.3, 0.4) is 0 Å². The zero-order valence-electron chi connectivity index (χ0n) is 8.35. The predicted octanol–water partition coefficient (Wildman–Crippen LogP) is 1.60. The normalized spacial score (nSPS) is 23.1. The van der Waals surface area contributed by atoms with Crippen molar-refractivity contribution in [2.24, 2.45) is 5.92 Å². The molecule has 1 aromatic heterocycles. The molecule has 2 nitrogen and oxygen atoms in total. The molecule has 0 spiro atoms. The minimum absolute atomic E-state index is 0.356. The Morgan fingerprint density at radius 3 is 3.14 bits per heavy atom. The Morgan fingerprint density at radius 2 is 2.50 bits per heavy atom. The van der Waals surface area contributed by atoms with Gasteiger partial charge in [-0.25, -0.2) is 0 Å². The third-order valence-electron chi connectivity index (χ3n) is 2.92. The van der Waals surface area contributed by atoms with Crippen LogP contribution in [0.4, 0.5) is 0 Å². The highest BCUT2D eigenvalue weighted by Gasteiger charge is 2.20. The summed E-state index contributed by atoms with van der Waals surface area (Å²) in [6.07, 6.45) is 2.32. The largest absolute Gasteiger partial charge is 0.396 e. The first-order valence-corrected chi connectivity index (χ1v) is 6.17. The zero-order valence-corrected chi connectivity index (χ0v) is 9.17. The molecular formula is C11H17NOS. The molecule has 1 N–H and O–H groups in total. The second-order valence-electron chi connectivity index (χ2n) is 4.02. The topological polar surface area (TPSA) is 23.5 Å². The van der Waals surface area contributed by atoms with Crippen molar-refractivity contribution in [2.75, 3.05) is 26.2 Å². The number of hydrogen-bond acceptors (Lipinski definition) is 3. The summed E-state index contributed by atoms with van der Waals surface area (Å²) in [5.41, 5.74) is 1.45. The highest BCUT2D eigenvalue weighted by Crippen LogP contribution is 2.16. The minimum Gasteiger partial charge on any atom is -0.396 e. The van der Waals surface area contributed by atoms with Crippen molar-refractivity contribution >= 4 is 11.3 Å². The molecule has 1 saturated heterocycles. The second-order valence-corrected chi connectivity index (χ2v) is 4.80. The molecule has 0 bridgehead atoms. The van der Waals surface area contributed by atoms with E-state index in [1.165, 1.54) is 12.0 Å². The number of rotatable bonds is 4. The third-order valence-corrected chi connectivity index (χ3v) is 3.66. The molecule has 1 aliphatic rings. The van der Waals surface area contributed by atoms with Gasteiger partial charge < -0.3 is 10.0 Å². The lowest BCUT2D eigenvalue weighted by atomic mass is 10.1. The van der Waals surface area contributed by atoms with E-state index >= 15 is 0 Å². The van der Waals surface area contributed by atoms with Gasteiger partial charge in [0.15, 0.2) is 0 Å². The van der Waals surface area contributed by atoms with Crippen LogP contribution in [-0.2, 0) is 6.42 Å². The Labute approximate surface area is 89.2 Å². The SMILES string of the molecule is OCC1CCN(CCc2ccsc2)C1. The van der Waals surface area contributed by atoms with Crippen LogP contribution < -0.4 is 0 Å². The Morgan fingerprint density at radius 1 is 1.57 bits per heavy atom. The van der Waals surface area contributed by atoms with Gasteiger partial charge in [0, 0.05) is 19.7 Å². The molecule has 2 heterocycles. The van der Waals surface area contributed by atoms with E-state index in [-0.39, 0.29) is 0 Å². The summed E-state index contributed by atoms with van der Waals surface area (Å²) in [7, 11) is 0. The molecule has 14 heavy (non-hydrogen) atoms. The maximum atomic E-state index is 9.01. The van der Waals surface area contributed by atoms with Crippen molar-refractivity contribution in [3.8, 4) is 0 Å². The first kappa shape index (κ1) is 10.1. The quantitative estimate of drug-likeness (QED) is 0.818. The maximum absolute atomic E-state index is 9.01. The van der Waals surface area contributed by atoms with Crippen LogP contribution in [0.5, 0.6) is 0 Å². The summed E-state index contributed by atoms with van der Waals surface area (Å²) >= 11 is 1.77. The smallest absolute Gasteiger partial charge is 0.0471 e. The molecule has 0 radical (unpaired) electrons. The molecule has 2 rings (SSSR count). The Kier molecular flexibility index (Phi) is 3.56. The van der Waals surface area contributed by atoms with E-state index in [2.05, 4.69) is 21.7 Å². The molecular weight excluding hydrogens is 194 g/mol. The maximum Gasteiger partial charge on any atom is 0.0471 e. The number of nitrogens with zero attached hydrogens (tertiary/aromatic N) is 1. The Balaban J connectivity index is 1.72. The fourth-order valence-electron chi connectivity index (χ4n) is 1.99. The van der Waals surface area contributed by atoms with E-state index in [4.69, 9.17) is 5.11 Å². The van der Waals surface area contributed by atoms with Gasteiger partial charge in [-0.2, -0.15) is 11.3 Å². The highest BCUT2D eigenvalue weighted by molar-refractivity contribution is 7.07. The molecule has 0 aromatic carbocycles. The molecule has 0 saturated carbocycles. The van der Waals surface area contributed by atoms with Gasteiger partial charge in [-0.1, -0.05) is 0 Å². The van der Waals surface area contributed by atoms with Gasteiger partial charge in [-0.3, -0.25) is 0 Å². The molecule has 3 heteroatoms. The van der Waals surface area contributed by atoms with Crippen LogP contribution in [-0.4, -0.2) is 36.2 Å². The second kappa shape index (κ2) is 4.91. The van der Waals surface area contributed by atoms with Gasteiger partial charge in [0.1, 0.15) is 0 Å². The summed E-state index contributed by atoms with van der Waals surface area (Å²) in [4.78, 5) is 2.46. The third kappa shape index (κ3) is 2.56. The van der Waals surface area contributed by atoms with E-state index < -0.39 is 0 Å². The van der Waals surface area contributed by atoms with Crippen LogP contribution in [0.1, 0.15) is 12.0 Å². The van der Waals surface area contributed by atoms with Crippen LogP contribution in [0, 0.1) is 5.92 Å². The zero-order chi connectivity index (χ0) is 9.80. The van der Waals surface area contributed by atoms with E-state index in [1.54, 1.807) is 11.3 Å². The van der Waals surface area contributed by atoms with Crippen LogP contribution >= 0.6 is 11.3 Å². The van der Waals surface area contributed by atoms with Crippen LogP contribution in [0.25, 0.3) is 0 Å². The van der Waals surface area contributed by atoms with Gasteiger partial charge in [0.05, 0.1) is 0 Å². The van der Waals surface area contributed by atoms with E-state index in [1.807, 2.05) is 0 Å². The monoisotopic (exact) mass is 211 g/mol. The van der Waals surface area contributed by atoms with Crippen LogP contribution in [0.2, 0.25) is 0 Å². The first-order chi connectivity index (χ1) is 6.88. The van der Waals surface area contributed by atoms with Crippen molar-refractivity contribution in [3.05, 3.63) is 22.4 Å². The summed E-state index contributed by atoms with van der Waals surface area (Å²) in [6, 6.07) is 2.20. The van der Waals surface area contributed by atoms with Crippen molar-refractivity contribution in [1.82, 2.24) is 4.90 Å². The van der Waals surface area contributed by atoms with Gasteiger partial charge in [-0.15, -0.1) is 0 Å². The lowest BCUT2D eigenvalue weighted by molar-refractivity contribution is 0.222. The predicted molar refractivity (Wildman–Crippen MR) is 59.7 cm³/mol. The lowest BCUT2D eigenvalue weighted by Gasteiger charge is -2.14. The number of aliphatic hydroxyl groups excluding tert-OH is 1. The van der Waals surface area contributed by atoms with Gasteiger partial charge in [-0.05, 0) is 47.7 Å². The van der Waals surface area contributed by atoms with Crippen LogP contribution in [0.15, 0.2) is 16.8 Å². The number of likely N-dealkylation sites (tertiary alicyclic amines) is 1. The molecule has 1 fully saturated rings. The van der Waals surface area contributed by atoms with Crippen molar-refractivity contribution in [1.29, 1.82) is 0 Å². The fourth-order valence-corrected chi connectivity index (χ4v) is 2.69. The average Bonchev–Trinajstić information content (AvgIpc) is 2.86. The minimum atomic E-state index is 0.356. The van der Waals surface area contributed by atoms with E-state index in [0.717, 1.165) is 26.1 Å². The molecule has 78 valence electrons. The molecule has 0 aliphatic carbocycles. The summed E-state index contributed by atoms with van der Waals surface area (Å²) in [5, 5.41) is 13.4. The number of thiophene rings is 1.